The standard InChI is InChI=1S/C16H23N3O2/c1-3-20-12-14-8-18(10-15-5-4-13(2)21-15)11-16-17-6-7-19(16)9-14/h4-7,14H,3,8-12H2,1-2H3. The Kier molecular flexibility index (Phi) is 4.41. The highest BCUT2D eigenvalue weighted by Crippen LogP contribution is 2.19. The zero-order valence-electron chi connectivity index (χ0n) is 12.8. The number of rotatable bonds is 5. The second-order valence-corrected chi connectivity index (χ2v) is 5.70. The molecule has 3 heterocycles. The molecule has 1 aliphatic rings. The number of imidazole rings is 1. The summed E-state index contributed by atoms with van der Waals surface area (Å²) in [6.07, 6.45) is 3.95. The Morgan fingerprint density at radius 3 is 3.05 bits per heavy atom. The largest absolute Gasteiger partial charge is 0.465 e. The molecule has 5 nitrogen and oxygen atoms in total. The number of aromatic nitrogens is 2. The summed E-state index contributed by atoms with van der Waals surface area (Å²) in [4.78, 5) is 6.88. The molecule has 21 heavy (non-hydrogen) atoms. The Bertz CT molecular complexity index is 576. The van der Waals surface area contributed by atoms with E-state index in [1.54, 1.807) is 0 Å². The van der Waals surface area contributed by atoms with Gasteiger partial charge in [-0.3, -0.25) is 4.90 Å². The minimum absolute atomic E-state index is 0.483. The molecule has 0 spiro atoms. The van der Waals surface area contributed by atoms with Gasteiger partial charge in [-0.25, -0.2) is 4.98 Å². The third kappa shape index (κ3) is 3.54. The third-order valence-electron chi connectivity index (χ3n) is 3.87. The van der Waals surface area contributed by atoms with E-state index in [1.807, 2.05) is 26.1 Å². The van der Waals surface area contributed by atoms with Gasteiger partial charge >= 0.3 is 0 Å². The van der Waals surface area contributed by atoms with Crippen LogP contribution in [0, 0.1) is 12.8 Å². The third-order valence-corrected chi connectivity index (χ3v) is 3.87. The van der Waals surface area contributed by atoms with E-state index in [1.165, 1.54) is 0 Å². The lowest BCUT2D eigenvalue weighted by atomic mass is 10.1. The summed E-state index contributed by atoms with van der Waals surface area (Å²) in [5, 5.41) is 0. The van der Waals surface area contributed by atoms with Crippen LogP contribution in [0.3, 0.4) is 0 Å². The van der Waals surface area contributed by atoms with Crippen LogP contribution >= 0.6 is 0 Å². The van der Waals surface area contributed by atoms with Crippen molar-refractivity contribution in [1.82, 2.24) is 14.5 Å². The topological polar surface area (TPSA) is 43.4 Å². The average molecular weight is 289 g/mol. The number of nitrogens with zero attached hydrogens (tertiary/aromatic N) is 3. The van der Waals surface area contributed by atoms with E-state index in [0.29, 0.717) is 5.92 Å². The van der Waals surface area contributed by atoms with Crippen LogP contribution in [0.4, 0.5) is 0 Å². The van der Waals surface area contributed by atoms with E-state index >= 15 is 0 Å². The molecule has 1 atom stereocenters. The maximum atomic E-state index is 5.71. The molecule has 5 heteroatoms. The van der Waals surface area contributed by atoms with Crippen LogP contribution in [0.15, 0.2) is 28.9 Å². The molecule has 3 rings (SSSR count). The van der Waals surface area contributed by atoms with E-state index in [9.17, 15) is 0 Å². The fourth-order valence-electron chi connectivity index (χ4n) is 2.92. The number of hydrogen-bond donors (Lipinski definition) is 0. The maximum absolute atomic E-state index is 5.71. The molecular weight excluding hydrogens is 266 g/mol. The van der Waals surface area contributed by atoms with Crippen LogP contribution in [0.1, 0.15) is 24.3 Å². The van der Waals surface area contributed by atoms with E-state index in [2.05, 4.69) is 26.7 Å². The molecule has 0 aromatic carbocycles. The fraction of sp³-hybridized carbons (Fsp3) is 0.562. The molecule has 2 aromatic heterocycles. The highest BCUT2D eigenvalue weighted by molar-refractivity contribution is 5.06. The molecule has 0 fully saturated rings. The van der Waals surface area contributed by atoms with E-state index in [-0.39, 0.29) is 0 Å². The van der Waals surface area contributed by atoms with Crippen LogP contribution in [-0.2, 0) is 24.4 Å². The van der Waals surface area contributed by atoms with Gasteiger partial charge in [0.2, 0.25) is 0 Å². The summed E-state index contributed by atoms with van der Waals surface area (Å²) in [7, 11) is 0. The summed E-state index contributed by atoms with van der Waals surface area (Å²) in [5.74, 6) is 3.59. The van der Waals surface area contributed by atoms with Crippen molar-refractivity contribution in [2.24, 2.45) is 5.92 Å². The number of furan rings is 1. The SMILES string of the molecule is CCOCC1CN(Cc2ccc(C)o2)Cc2nccn2C1. The van der Waals surface area contributed by atoms with Gasteiger partial charge in [0, 0.05) is 38.0 Å². The minimum Gasteiger partial charge on any atom is -0.465 e. The number of fused-ring (bicyclic) bond motifs is 1. The normalized spacial score (nSPS) is 19.4. The molecule has 0 aliphatic carbocycles. The Morgan fingerprint density at radius 1 is 1.38 bits per heavy atom. The van der Waals surface area contributed by atoms with Gasteiger partial charge in [0.25, 0.3) is 0 Å². The van der Waals surface area contributed by atoms with E-state index < -0.39 is 0 Å². The maximum Gasteiger partial charge on any atom is 0.122 e. The Labute approximate surface area is 125 Å². The van der Waals surface area contributed by atoms with Crippen molar-refractivity contribution >= 4 is 0 Å². The van der Waals surface area contributed by atoms with Crippen LogP contribution in [-0.4, -0.2) is 34.2 Å². The van der Waals surface area contributed by atoms with Crippen molar-refractivity contribution in [2.45, 2.75) is 33.5 Å². The van der Waals surface area contributed by atoms with Gasteiger partial charge in [0.15, 0.2) is 0 Å². The number of ether oxygens (including phenoxy) is 1. The second-order valence-electron chi connectivity index (χ2n) is 5.70. The molecule has 114 valence electrons. The van der Waals surface area contributed by atoms with Gasteiger partial charge in [-0.05, 0) is 26.0 Å². The van der Waals surface area contributed by atoms with Crippen molar-refractivity contribution in [3.63, 3.8) is 0 Å². The lowest BCUT2D eigenvalue weighted by Gasteiger charge is -2.22. The van der Waals surface area contributed by atoms with Crippen LogP contribution < -0.4 is 0 Å². The van der Waals surface area contributed by atoms with Crippen LogP contribution in [0.25, 0.3) is 0 Å². The molecule has 0 saturated heterocycles. The Balaban J connectivity index is 1.73. The predicted octanol–water partition coefficient (Wildman–Crippen LogP) is 2.45. The lowest BCUT2D eigenvalue weighted by Crippen LogP contribution is -2.30. The van der Waals surface area contributed by atoms with Crippen molar-refractivity contribution in [3.8, 4) is 0 Å². The molecule has 0 saturated carbocycles. The summed E-state index contributed by atoms with van der Waals surface area (Å²) in [6.45, 7) is 9.25. The Hall–Kier alpha value is -1.59. The minimum atomic E-state index is 0.483. The molecule has 0 radical (unpaired) electrons. The highest BCUT2D eigenvalue weighted by atomic mass is 16.5. The molecule has 0 bridgehead atoms. The van der Waals surface area contributed by atoms with E-state index in [4.69, 9.17) is 9.15 Å². The Morgan fingerprint density at radius 2 is 2.29 bits per heavy atom. The first-order chi connectivity index (χ1) is 10.2. The zero-order chi connectivity index (χ0) is 14.7. The summed E-state index contributed by atoms with van der Waals surface area (Å²) in [6, 6.07) is 4.08. The zero-order valence-corrected chi connectivity index (χ0v) is 12.8. The van der Waals surface area contributed by atoms with Crippen molar-refractivity contribution in [2.75, 3.05) is 19.8 Å². The first-order valence-electron chi connectivity index (χ1n) is 7.60. The van der Waals surface area contributed by atoms with Crippen LogP contribution in [0.5, 0.6) is 0 Å². The van der Waals surface area contributed by atoms with Gasteiger partial charge in [-0.1, -0.05) is 0 Å². The first kappa shape index (κ1) is 14.4. The predicted molar refractivity (Wildman–Crippen MR) is 79.8 cm³/mol. The quantitative estimate of drug-likeness (QED) is 0.848. The highest BCUT2D eigenvalue weighted by Gasteiger charge is 2.23. The summed E-state index contributed by atoms with van der Waals surface area (Å²) in [5.41, 5.74) is 0. The van der Waals surface area contributed by atoms with Gasteiger partial charge in [0.1, 0.15) is 17.3 Å². The van der Waals surface area contributed by atoms with Gasteiger partial charge < -0.3 is 13.7 Å². The molecule has 0 N–H and O–H groups in total. The monoisotopic (exact) mass is 289 g/mol. The van der Waals surface area contributed by atoms with E-state index in [0.717, 1.165) is 56.7 Å². The molecule has 2 aromatic rings. The lowest BCUT2D eigenvalue weighted by molar-refractivity contribution is 0.0834. The first-order valence-corrected chi connectivity index (χ1v) is 7.60. The summed E-state index contributed by atoms with van der Waals surface area (Å²) < 4.78 is 13.6. The van der Waals surface area contributed by atoms with Crippen LogP contribution in [0.2, 0.25) is 0 Å². The smallest absolute Gasteiger partial charge is 0.122 e. The van der Waals surface area contributed by atoms with Crippen molar-refractivity contribution in [1.29, 1.82) is 0 Å². The second kappa shape index (κ2) is 6.45. The molecule has 1 aliphatic heterocycles. The van der Waals surface area contributed by atoms with Crippen molar-refractivity contribution < 1.29 is 9.15 Å². The van der Waals surface area contributed by atoms with Gasteiger partial charge in [-0.2, -0.15) is 0 Å². The number of hydrogen-bond acceptors (Lipinski definition) is 4. The fourth-order valence-corrected chi connectivity index (χ4v) is 2.92. The molecule has 1 unspecified atom stereocenters. The van der Waals surface area contributed by atoms with Gasteiger partial charge in [-0.15, -0.1) is 0 Å². The number of aryl methyl sites for hydroxylation is 1. The molecular formula is C16H23N3O2. The average Bonchev–Trinajstić information content (AvgIpc) is 3.02. The summed E-state index contributed by atoms with van der Waals surface area (Å²) >= 11 is 0. The molecule has 0 amide bonds. The van der Waals surface area contributed by atoms with Crippen molar-refractivity contribution in [3.05, 3.63) is 41.9 Å². The van der Waals surface area contributed by atoms with Gasteiger partial charge in [0.05, 0.1) is 19.7 Å².